The van der Waals surface area contributed by atoms with Crippen molar-refractivity contribution in [3.8, 4) is 0 Å². The van der Waals surface area contributed by atoms with E-state index in [1.165, 1.54) is 5.56 Å². The van der Waals surface area contributed by atoms with E-state index in [4.69, 9.17) is 11.5 Å². The molecule has 174 valence electrons. The first-order chi connectivity index (χ1) is 15.6. The number of aliphatic imine (C=N–C) groups is 2. The van der Waals surface area contributed by atoms with Crippen LogP contribution in [0.4, 0.5) is 11.4 Å². The molecule has 0 bridgehead atoms. The van der Waals surface area contributed by atoms with Crippen LogP contribution in [0.1, 0.15) is 24.8 Å². The molecule has 8 nitrogen and oxygen atoms in total. The third-order valence-electron chi connectivity index (χ3n) is 4.63. The monoisotopic (exact) mass is 438 g/mol. The van der Waals surface area contributed by atoms with Crippen LogP contribution in [0.3, 0.4) is 0 Å². The van der Waals surface area contributed by atoms with Gasteiger partial charge in [0.05, 0.1) is 0 Å². The summed E-state index contributed by atoms with van der Waals surface area (Å²) in [5, 5.41) is 13.1. The maximum Gasteiger partial charge on any atom is 0.193 e. The Morgan fingerprint density at radius 2 is 1.22 bits per heavy atom. The zero-order chi connectivity index (χ0) is 22.9. The number of nitrogens with two attached hydrogens (primary N) is 2. The Labute approximate surface area is 192 Å². The average Bonchev–Trinajstić information content (AvgIpc) is 2.77. The van der Waals surface area contributed by atoms with Crippen molar-refractivity contribution in [3.05, 3.63) is 60.2 Å². The smallest absolute Gasteiger partial charge is 0.193 e. The standard InChI is InChI=1S/C24H38N8/c1-20-9-5-12-22(19-20)32-24(26)30-18-8-16-28-14-6-13-27-15-7-17-29-23(25)31-21-10-3-2-4-11-21/h2-5,9-12,19,27-28H,6-8,13-18H2,1H3,(H3,25,29,31)(H3,26,30,32). The van der Waals surface area contributed by atoms with Gasteiger partial charge in [-0.15, -0.1) is 0 Å². The molecule has 0 radical (unpaired) electrons. The van der Waals surface area contributed by atoms with Gasteiger partial charge in [-0.3, -0.25) is 9.98 Å². The van der Waals surface area contributed by atoms with E-state index in [1.807, 2.05) is 48.5 Å². The molecule has 2 aromatic carbocycles. The van der Waals surface area contributed by atoms with E-state index in [9.17, 15) is 0 Å². The largest absolute Gasteiger partial charge is 0.370 e. The highest BCUT2D eigenvalue weighted by atomic mass is 15.1. The molecule has 2 rings (SSSR count). The van der Waals surface area contributed by atoms with Gasteiger partial charge in [-0.05, 0) is 82.2 Å². The predicted molar refractivity (Wildman–Crippen MR) is 137 cm³/mol. The van der Waals surface area contributed by atoms with Crippen LogP contribution in [0.15, 0.2) is 64.6 Å². The summed E-state index contributed by atoms with van der Waals surface area (Å²) in [5.41, 5.74) is 14.9. The van der Waals surface area contributed by atoms with E-state index in [0.717, 1.165) is 56.8 Å². The first-order valence-corrected chi connectivity index (χ1v) is 11.3. The van der Waals surface area contributed by atoms with E-state index in [0.29, 0.717) is 25.0 Å². The summed E-state index contributed by atoms with van der Waals surface area (Å²) in [6.45, 7) is 7.31. The molecular weight excluding hydrogens is 400 g/mol. The van der Waals surface area contributed by atoms with Gasteiger partial charge < -0.3 is 32.7 Å². The third kappa shape index (κ3) is 11.9. The van der Waals surface area contributed by atoms with Gasteiger partial charge in [0, 0.05) is 24.5 Å². The molecule has 0 heterocycles. The average molecular weight is 439 g/mol. The van der Waals surface area contributed by atoms with E-state index < -0.39 is 0 Å². The molecule has 0 aromatic heterocycles. The van der Waals surface area contributed by atoms with Crippen molar-refractivity contribution < 1.29 is 0 Å². The molecule has 32 heavy (non-hydrogen) atoms. The van der Waals surface area contributed by atoms with Crippen LogP contribution in [0, 0.1) is 6.92 Å². The van der Waals surface area contributed by atoms with Crippen molar-refractivity contribution in [3.63, 3.8) is 0 Å². The second-order valence-electron chi connectivity index (χ2n) is 7.58. The number of para-hydroxylation sites is 1. The zero-order valence-electron chi connectivity index (χ0n) is 19.1. The zero-order valence-corrected chi connectivity index (χ0v) is 19.1. The Morgan fingerprint density at radius 3 is 1.81 bits per heavy atom. The Balaban J connectivity index is 1.39. The molecule has 0 spiro atoms. The van der Waals surface area contributed by atoms with Gasteiger partial charge in [0.25, 0.3) is 0 Å². The minimum atomic E-state index is 0.456. The number of anilines is 2. The minimum absolute atomic E-state index is 0.456. The van der Waals surface area contributed by atoms with Crippen molar-refractivity contribution >= 4 is 23.3 Å². The number of aryl methyl sites for hydroxylation is 1. The Bertz CT molecular complexity index is 820. The molecule has 0 saturated heterocycles. The first-order valence-electron chi connectivity index (χ1n) is 11.3. The maximum absolute atomic E-state index is 5.93. The van der Waals surface area contributed by atoms with Crippen LogP contribution < -0.4 is 32.7 Å². The first kappa shape index (κ1) is 25.2. The van der Waals surface area contributed by atoms with Crippen molar-refractivity contribution in [2.24, 2.45) is 21.5 Å². The Morgan fingerprint density at radius 1 is 0.688 bits per heavy atom. The molecule has 2 aromatic rings. The molecule has 0 aliphatic carbocycles. The number of nitrogens with one attached hydrogen (secondary N) is 4. The van der Waals surface area contributed by atoms with Crippen LogP contribution in [-0.2, 0) is 0 Å². The normalized spacial score (nSPS) is 12.0. The van der Waals surface area contributed by atoms with E-state index in [-0.39, 0.29) is 0 Å². The molecule has 0 fully saturated rings. The van der Waals surface area contributed by atoms with Gasteiger partial charge in [0.2, 0.25) is 0 Å². The fraction of sp³-hybridized carbons (Fsp3) is 0.417. The number of nitrogens with zero attached hydrogens (tertiary/aromatic N) is 2. The fourth-order valence-electron chi connectivity index (χ4n) is 3.01. The molecular formula is C24H38N8. The highest BCUT2D eigenvalue weighted by Gasteiger charge is 1.96. The number of hydrogen-bond acceptors (Lipinski definition) is 4. The number of guanidine groups is 2. The molecule has 8 heteroatoms. The lowest BCUT2D eigenvalue weighted by molar-refractivity contribution is 0.580. The Kier molecular flexibility index (Phi) is 12.3. The predicted octanol–water partition coefficient (Wildman–Crippen LogP) is 2.50. The van der Waals surface area contributed by atoms with Gasteiger partial charge in [-0.1, -0.05) is 30.3 Å². The molecule has 0 atom stereocenters. The van der Waals surface area contributed by atoms with Gasteiger partial charge >= 0.3 is 0 Å². The lowest BCUT2D eigenvalue weighted by Gasteiger charge is -2.07. The summed E-state index contributed by atoms with van der Waals surface area (Å²) in [5.74, 6) is 0.916. The fourth-order valence-corrected chi connectivity index (χ4v) is 3.01. The summed E-state index contributed by atoms with van der Waals surface area (Å²) in [7, 11) is 0. The minimum Gasteiger partial charge on any atom is -0.370 e. The van der Waals surface area contributed by atoms with Crippen LogP contribution >= 0.6 is 0 Å². The van der Waals surface area contributed by atoms with Crippen molar-refractivity contribution in [2.45, 2.75) is 26.2 Å². The molecule has 8 N–H and O–H groups in total. The van der Waals surface area contributed by atoms with Crippen LogP contribution in [0.25, 0.3) is 0 Å². The summed E-state index contributed by atoms with van der Waals surface area (Å²) < 4.78 is 0. The van der Waals surface area contributed by atoms with Gasteiger partial charge in [-0.25, -0.2) is 0 Å². The van der Waals surface area contributed by atoms with Crippen LogP contribution in [0.5, 0.6) is 0 Å². The van der Waals surface area contributed by atoms with Crippen molar-refractivity contribution in [1.29, 1.82) is 0 Å². The summed E-state index contributed by atoms with van der Waals surface area (Å²) in [6, 6.07) is 17.9. The van der Waals surface area contributed by atoms with Crippen molar-refractivity contribution in [1.82, 2.24) is 10.6 Å². The molecule has 0 aliphatic heterocycles. The van der Waals surface area contributed by atoms with Crippen LogP contribution in [0.2, 0.25) is 0 Å². The van der Waals surface area contributed by atoms with Gasteiger partial charge in [0.15, 0.2) is 11.9 Å². The molecule has 0 unspecified atom stereocenters. The number of benzene rings is 2. The topological polar surface area (TPSA) is 125 Å². The highest BCUT2D eigenvalue weighted by Crippen LogP contribution is 2.08. The summed E-state index contributed by atoms with van der Waals surface area (Å²) in [6.07, 6.45) is 3.00. The van der Waals surface area contributed by atoms with E-state index in [2.05, 4.69) is 44.2 Å². The molecule has 0 aliphatic rings. The number of rotatable bonds is 14. The van der Waals surface area contributed by atoms with Gasteiger partial charge in [-0.2, -0.15) is 0 Å². The highest BCUT2D eigenvalue weighted by molar-refractivity contribution is 5.92. The SMILES string of the molecule is Cc1cccc(NC(N)=NCCCNCCCNCCCN=C(N)Nc2ccccc2)c1. The second-order valence-corrected chi connectivity index (χ2v) is 7.58. The van der Waals surface area contributed by atoms with E-state index >= 15 is 0 Å². The van der Waals surface area contributed by atoms with E-state index in [1.54, 1.807) is 0 Å². The van der Waals surface area contributed by atoms with Crippen molar-refractivity contribution in [2.75, 3.05) is 49.9 Å². The lowest BCUT2D eigenvalue weighted by Crippen LogP contribution is -2.25. The van der Waals surface area contributed by atoms with Gasteiger partial charge in [0.1, 0.15) is 0 Å². The summed E-state index contributed by atoms with van der Waals surface area (Å²) >= 11 is 0. The lowest BCUT2D eigenvalue weighted by atomic mass is 10.2. The maximum atomic E-state index is 5.93. The summed E-state index contributed by atoms with van der Waals surface area (Å²) in [4.78, 5) is 8.71. The Hall–Kier alpha value is -3.10. The number of hydrogen-bond donors (Lipinski definition) is 6. The third-order valence-corrected chi connectivity index (χ3v) is 4.63. The van der Waals surface area contributed by atoms with Crippen LogP contribution in [-0.4, -0.2) is 51.2 Å². The quantitative estimate of drug-likeness (QED) is 0.153. The second kappa shape index (κ2) is 15.7. The molecule has 0 amide bonds. The molecule has 0 saturated carbocycles.